The lowest BCUT2D eigenvalue weighted by atomic mass is 10.0. The Morgan fingerprint density at radius 3 is 2.47 bits per heavy atom. The predicted molar refractivity (Wildman–Crippen MR) is 50.7 cm³/mol. The number of hydrogen-bond donors (Lipinski definition) is 4. The molecule has 0 saturated heterocycles. The molecule has 5 heteroatoms. The second kappa shape index (κ2) is 5.06. The molecule has 2 unspecified atom stereocenters. The summed E-state index contributed by atoms with van der Waals surface area (Å²) in [6.45, 7) is -0.278. The molecule has 1 aromatic rings. The first kappa shape index (κ1) is 11.9. The van der Waals surface area contributed by atoms with E-state index in [-0.39, 0.29) is 18.6 Å². The van der Waals surface area contributed by atoms with Gasteiger partial charge < -0.3 is 20.4 Å². The molecule has 0 radical (unpaired) electrons. The van der Waals surface area contributed by atoms with Gasteiger partial charge in [-0.05, 0) is 18.6 Å². The normalized spacial score (nSPS) is 14.9. The Morgan fingerprint density at radius 1 is 1.27 bits per heavy atom. The van der Waals surface area contributed by atoms with Crippen LogP contribution < -0.4 is 0 Å². The van der Waals surface area contributed by atoms with Crippen molar-refractivity contribution in [1.82, 2.24) is 0 Å². The van der Waals surface area contributed by atoms with Gasteiger partial charge in [0, 0.05) is 18.2 Å². The van der Waals surface area contributed by atoms with Crippen LogP contribution in [0.2, 0.25) is 0 Å². The molecule has 0 bridgehead atoms. The topological polar surface area (TPSA) is 80.9 Å². The zero-order valence-electron chi connectivity index (χ0n) is 7.97. The van der Waals surface area contributed by atoms with Crippen LogP contribution in [0.15, 0.2) is 18.2 Å². The van der Waals surface area contributed by atoms with E-state index in [4.69, 9.17) is 5.11 Å². The van der Waals surface area contributed by atoms with E-state index in [1.807, 2.05) is 0 Å². The van der Waals surface area contributed by atoms with E-state index in [0.717, 1.165) is 12.1 Å². The molecular formula is C10H13FO4. The molecule has 0 aliphatic carbocycles. The third kappa shape index (κ3) is 2.89. The number of aromatic hydroxyl groups is 1. The second-order valence-electron chi connectivity index (χ2n) is 3.23. The fourth-order valence-corrected chi connectivity index (χ4v) is 1.26. The molecule has 4 N–H and O–H groups in total. The number of aliphatic hydroxyl groups is 3. The van der Waals surface area contributed by atoms with Crippen molar-refractivity contribution < 1.29 is 24.8 Å². The van der Waals surface area contributed by atoms with E-state index in [0.29, 0.717) is 0 Å². The molecule has 84 valence electrons. The molecule has 0 aliphatic heterocycles. The van der Waals surface area contributed by atoms with Crippen LogP contribution in [0.25, 0.3) is 0 Å². The largest absolute Gasteiger partial charge is 0.507 e. The molecule has 1 aromatic carbocycles. The fourth-order valence-electron chi connectivity index (χ4n) is 1.26. The number of aliphatic hydroxyl groups excluding tert-OH is 3. The highest BCUT2D eigenvalue weighted by molar-refractivity contribution is 5.34. The van der Waals surface area contributed by atoms with Crippen LogP contribution in [0, 0.1) is 5.82 Å². The minimum Gasteiger partial charge on any atom is -0.507 e. The van der Waals surface area contributed by atoms with Gasteiger partial charge in [-0.1, -0.05) is 0 Å². The Labute approximate surface area is 86.2 Å². The maximum Gasteiger partial charge on any atom is 0.126 e. The number of phenolic OH excluding ortho intramolecular Hbond substituents is 1. The van der Waals surface area contributed by atoms with Crippen LogP contribution in [0.4, 0.5) is 4.39 Å². The lowest BCUT2D eigenvalue weighted by molar-refractivity contribution is 0.00300. The number of hydrogen-bond acceptors (Lipinski definition) is 4. The summed E-state index contributed by atoms with van der Waals surface area (Å²) >= 11 is 0. The van der Waals surface area contributed by atoms with E-state index in [2.05, 4.69) is 0 Å². The van der Waals surface area contributed by atoms with E-state index in [9.17, 15) is 19.7 Å². The van der Waals surface area contributed by atoms with Crippen molar-refractivity contribution >= 4 is 0 Å². The first-order valence-electron chi connectivity index (χ1n) is 4.51. The molecule has 0 fully saturated rings. The van der Waals surface area contributed by atoms with E-state index < -0.39 is 23.8 Å². The summed E-state index contributed by atoms with van der Waals surface area (Å²) in [6, 6.07) is 3.12. The first-order chi connectivity index (χ1) is 7.06. The second-order valence-corrected chi connectivity index (χ2v) is 3.23. The van der Waals surface area contributed by atoms with Crippen LogP contribution in [-0.4, -0.2) is 33.1 Å². The van der Waals surface area contributed by atoms with Gasteiger partial charge in [-0.15, -0.1) is 0 Å². The summed E-state index contributed by atoms with van der Waals surface area (Å²) in [5, 5.41) is 36.8. The molecule has 0 amide bonds. The van der Waals surface area contributed by atoms with Crippen LogP contribution >= 0.6 is 0 Å². The van der Waals surface area contributed by atoms with Gasteiger partial charge in [-0.25, -0.2) is 4.39 Å². The molecule has 0 heterocycles. The summed E-state index contributed by atoms with van der Waals surface area (Å²) in [4.78, 5) is 0. The third-order valence-electron chi connectivity index (χ3n) is 2.10. The first-order valence-corrected chi connectivity index (χ1v) is 4.51. The molecule has 0 aliphatic rings. The van der Waals surface area contributed by atoms with Crippen LogP contribution in [0.5, 0.6) is 5.75 Å². The van der Waals surface area contributed by atoms with Gasteiger partial charge in [0.2, 0.25) is 0 Å². The Balaban J connectivity index is 2.86. The molecule has 2 atom stereocenters. The summed E-state index contributed by atoms with van der Waals surface area (Å²) in [5.41, 5.74) is 0.0392. The van der Waals surface area contributed by atoms with E-state index in [1.165, 1.54) is 6.07 Å². The van der Waals surface area contributed by atoms with E-state index >= 15 is 0 Å². The monoisotopic (exact) mass is 216 g/mol. The van der Waals surface area contributed by atoms with Gasteiger partial charge in [-0.3, -0.25) is 0 Å². The van der Waals surface area contributed by atoms with Crippen LogP contribution in [-0.2, 0) is 0 Å². The average Bonchev–Trinajstić information content (AvgIpc) is 2.17. The number of benzene rings is 1. The van der Waals surface area contributed by atoms with E-state index in [1.54, 1.807) is 0 Å². The molecule has 1 rings (SSSR count). The quantitative estimate of drug-likeness (QED) is 0.584. The molecule has 15 heavy (non-hydrogen) atoms. The minimum atomic E-state index is -1.34. The number of rotatable bonds is 4. The highest BCUT2D eigenvalue weighted by Crippen LogP contribution is 2.27. The highest BCUT2D eigenvalue weighted by atomic mass is 19.1. The van der Waals surface area contributed by atoms with Crippen molar-refractivity contribution in [2.24, 2.45) is 0 Å². The molecule has 0 spiro atoms. The Kier molecular flexibility index (Phi) is 4.02. The summed E-state index contributed by atoms with van der Waals surface area (Å²) in [5.74, 6) is -1.04. The lowest BCUT2D eigenvalue weighted by Gasteiger charge is -2.18. The van der Waals surface area contributed by atoms with Gasteiger partial charge >= 0.3 is 0 Å². The van der Waals surface area contributed by atoms with Gasteiger partial charge in [-0.2, -0.15) is 0 Å². The highest BCUT2D eigenvalue weighted by Gasteiger charge is 2.20. The van der Waals surface area contributed by atoms with Gasteiger partial charge in [0.25, 0.3) is 0 Å². The van der Waals surface area contributed by atoms with Crippen LogP contribution in [0.1, 0.15) is 18.1 Å². The average molecular weight is 216 g/mol. The van der Waals surface area contributed by atoms with Crippen molar-refractivity contribution in [3.8, 4) is 5.75 Å². The Morgan fingerprint density at radius 2 is 1.93 bits per heavy atom. The molecular weight excluding hydrogens is 203 g/mol. The SMILES string of the molecule is OCCC(O)C(O)c1ccc(F)cc1O. The fraction of sp³-hybridized carbons (Fsp3) is 0.400. The van der Waals surface area contributed by atoms with Crippen molar-refractivity contribution in [3.05, 3.63) is 29.6 Å². The number of halogens is 1. The van der Waals surface area contributed by atoms with Crippen molar-refractivity contribution in [2.45, 2.75) is 18.6 Å². The minimum absolute atomic E-state index is 0.0159. The van der Waals surface area contributed by atoms with Gasteiger partial charge in [0.1, 0.15) is 17.7 Å². The zero-order valence-corrected chi connectivity index (χ0v) is 7.97. The molecule has 0 saturated carbocycles. The maximum atomic E-state index is 12.6. The summed E-state index contributed by atoms with van der Waals surface area (Å²) < 4.78 is 12.6. The van der Waals surface area contributed by atoms with Gasteiger partial charge in [0.15, 0.2) is 0 Å². The zero-order chi connectivity index (χ0) is 11.4. The van der Waals surface area contributed by atoms with Crippen molar-refractivity contribution in [1.29, 1.82) is 0 Å². The number of phenols is 1. The Bertz CT molecular complexity index is 329. The lowest BCUT2D eigenvalue weighted by Crippen LogP contribution is -2.19. The smallest absolute Gasteiger partial charge is 0.126 e. The van der Waals surface area contributed by atoms with Crippen molar-refractivity contribution in [3.63, 3.8) is 0 Å². The third-order valence-corrected chi connectivity index (χ3v) is 2.10. The molecule has 0 aromatic heterocycles. The van der Waals surface area contributed by atoms with Gasteiger partial charge in [0.05, 0.1) is 6.10 Å². The summed E-state index contributed by atoms with van der Waals surface area (Å²) in [6.07, 6.45) is -2.54. The maximum absolute atomic E-state index is 12.6. The van der Waals surface area contributed by atoms with Crippen LogP contribution in [0.3, 0.4) is 0 Å². The predicted octanol–water partition coefficient (Wildman–Crippen LogP) is 0.308. The molecule has 4 nitrogen and oxygen atoms in total. The van der Waals surface area contributed by atoms with Crippen molar-refractivity contribution in [2.75, 3.05) is 6.61 Å². The summed E-state index contributed by atoms with van der Waals surface area (Å²) in [7, 11) is 0. The Hall–Kier alpha value is -1.17. The standard InChI is InChI=1S/C10H13FO4/c11-6-1-2-7(9(14)5-6)10(15)8(13)3-4-12/h1-2,5,8,10,12-15H,3-4H2.